The lowest BCUT2D eigenvalue weighted by molar-refractivity contribution is 0.713. The van der Waals surface area contributed by atoms with Crippen molar-refractivity contribution in [2.24, 2.45) is 0 Å². The Bertz CT molecular complexity index is 477. The first-order valence-corrected chi connectivity index (χ1v) is 7.71. The second-order valence-corrected chi connectivity index (χ2v) is 5.96. The SMILES string of the molecule is CC(C)c1ccccc1NCCNCc1cccs1. The van der Waals surface area contributed by atoms with Gasteiger partial charge in [0.1, 0.15) is 0 Å². The van der Waals surface area contributed by atoms with Crippen LogP contribution < -0.4 is 10.6 Å². The topological polar surface area (TPSA) is 24.1 Å². The highest BCUT2D eigenvalue weighted by molar-refractivity contribution is 7.09. The van der Waals surface area contributed by atoms with Crippen LogP contribution in [0.3, 0.4) is 0 Å². The van der Waals surface area contributed by atoms with Gasteiger partial charge in [-0.2, -0.15) is 0 Å². The van der Waals surface area contributed by atoms with Crippen LogP contribution in [0.25, 0.3) is 0 Å². The van der Waals surface area contributed by atoms with E-state index in [1.807, 2.05) is 0 Å². The number of rotatable bonds is 7. The van der Waals surface area contributed by atoms with Crippen LogP contribution >= 0.6 is 11.3 Å². The fourth-order valence-corrected chi connectivity index (χ4v) is 2.75. The molecule has 102 valence electrons. The van der Waals surface area contributed by atoms with Crippen LogP contribution in [-0.2, 0) is 6.54 Å². The van der Waals surface area contributed by atoms with Gasteiger partial charge in [-0.3, -0.25) is 0 Å². The molecule has 2 nitrogen and oxygen atoms in total. The molecule has 2 N–H and O–H groups in total. The maximum atomic E-state index is 3.52. The van der Waals surface area contributed by atoms with Gasteiger partial charge in [0.2, 0.25) is 0 Å². The van der Waals surface area contributed by atoms with Gasteiger partial charge < -0.3 is 10.6 Å². The highest BCUT2D eigenvalue weighted by atomic mass is 32.1. The minimum atomic E-state index is 0.558. The fraction of sp³-hybridized carbons (Fsp3) is 0.375. The van der Waals surface area contributed by atoms with E-state index >= 15 is 0 Å². The van der Waals surface area contributed by atoms with Crippen LogP contribution in [0.5, 0.6) is 0 Å². The zero-order valence-electron chi connectivity index (χ0n) is 11.6. The highest BCUT2D eigenvalue weighted by Gasteiger charge is 2.04. The fourth-order valence-electron chi connectivity index (χ4n) is 2.07. The van der Waals surface area contributed by atoms with Crippen molar-refractivity contribution in [2.75, 3.05) is 18.4 Å². The predicted octanol–water partition coefficient (Wildman–Crippen LogP) is 4.07. The van der Waals surface area contributed by atoms with Crippen LogP contribution in [0.4, 0.5) is 5.69 Å². The van der Waals surface area contributed by atoms with Gasteiger partial charge >= 0.3 is 0 Å². The van der Waals surface area contributed by atoms with Gasteiger partial charge in [0, 0.05) is 30.2 Å². The van der Waals surface area contributed by atoms with Gasteiger partial charge in [-0.25, -0.2) is 0 Å². The maximum Gasteiger partial charge on any atom is 0.0375 e. The molecule has 0 bridgehead atoms. The molecule has 0 fully saturated rings. The van der Waals surface area contributed by atoms with E-state index in [0.717, 1.165) is 19.6 Å². The van der Waals surface area contributed by atoms with Crippen molar-refractivity contribution in [3.8, 4) is 0 Å². The lowest BCUT2D eigenvalue weighted by Crippen LogP contribution is -2.21. The number of para-hydroxylation sites is 1. The monoisotopic (exact) mass is 274 g/mol. The third-order valence-electron chi connectivity index (χ3n) is 3.08. The zero-order chi connectivity index (χ0) is 13.5. The minimum Gasteiger partial charge on any atom is -0.384 e. The quantitative estimate of drug-likeness (QED) is 0.744. The molecule has 0 amide bonds. The first kappa shape index (κ1) is 14.1. The molecule has 1 aromatic carbocycles. The van der Waals surface area contributed by atoms with E-state index in [-0.39, 0.29) is 0 Å². The number of hydrogen-bond acceptors (Lipinski definition) is 3. The first-order valence-electron chi connectivity index (χ1n) is 6.83. The Labute approximate surface area is 119 Å². The molecule has 0 radical (unpaired) electrons. The van der Waals surface area contributed by atoms with E-state index in [0.29, 0.717) is 5.92 Å². The highest BCUT2D eigenvalue weighted by Crippen LogP contribution is 2.23. The Kier molecular flexibility index (Phi) is 5.43. The molecule has 1 aromatic heterocycles. The van der Waals surface area contributed by atoms with Crippen molar-refractivity contribution in [2.45, 2.75) is 26.3 Å². The molecule has 0 aliphatic heterocycles. The van der Waals surface area contributed by atoms with Crippen molar-refractivity contribution in [1.29, 1.82) is 0 Å². The summed E-state index contributed by atoms with van der Waals surface area (Å²) >= 11 is 1.80. The van der Waals surface area contributed by atoms with Crippen molar-refractivity contribution in [3.05, 3.63) is 52.2 Å². The minimum absolute atomic E-state index is 0.558. The third-order valence-corrected chi connectivity index (χ3v) is 3.96. The van der Waals surface area contributed by atoms with Crippen LogP contribution in [0.1, 0.15) is 30.2 Å². The normalized spacial score (nSPS) is 10.9. The largest absolute Gasteiger partial charge is 0.384 e. The standard InChI is InChI=1S/C16H22N2S/c1-13(2)15-7-3-4-8-16(15)18-10-9-17-12-14-6-5-11-19-14/h3-8,11,13,17-18H,9-10,12H2,1-2H3. The van der Waals surface area contributed by atoms with Crippen molar-refractivity contribution < 1.29 is 0 Å². The zero-order valence-corrected chi connectivity index (χ0v) is 12.5. The Morgan fingerprint density at radius 3 is 2.63 bits per heavy atom. The summed E-state index contributed by atoms with van der Waals surface area (Å²) in [6.45, 7) is 7.36. The second kappa shape index (κ2) is 7.31. The van der Waals surface area contributed by atoms with Gasteiger partial charge in [0.25, 0.3) is 0 Å². The molecule has 0 saturated heterocycles. The lowest BCUT2D eigenvalue weighted by atomic mass is 10.0. The van der Waals surface area contributed by atoms with E-state index in [2.05, 4.69) is 66.3 Å². The summed E-state index contributed by atoms with van der Waals surface area (Å²) in [5.41, 5.74) is 2.65. The Morgan fingerprint density at radius 2 is 1.89 bits per heavy atom. The smallest absolute Gasteiger partial charge is 0.0375 e. The molecule has 2 aromatic rings. The average molecular weight is 274 g/mol. The van der Waals surface area contributed by atoms with Gasteiger partial charge in [-0.15, -0.1) is 11.3 Å². The van der Waals surface area contributed by atoms with E-state index in [1.165, 1.54) is 16.1 Å². The van der Waals surface area contributed by atoms with Crippen molar-refractivity contribution in [1.82, 2.24) is 5.32 Å². The number of thiophene rings is 1. The summed E-state index contributed by atoms with van der Waals surface area (Å²) in [7, 11) is 0. The Morgan fingerprint density at radius 1 is 1.05 bits per heavy atom. The molecule has 0 atom stereocenters. The van der Waals surface area contributed by atoms with Crippen LogP contribution in [0.2, 0.25) is 0 Å². The van der Waals surface area contributed by atoms with Crippen molar-refractivity contribution >= 4 is 17.0 Å². The van der Waals surface area contributed by atoms with E-state index < -0.39 is 0 Å². The molecule has 0 saturated carbocycles. The molecule has 0 aliphatic rings. The molecular formula is C16H22N2S. The van der Waals surface area contributed by atoms with Crippen LogP contribution in [-0.4, -0.2) is 13.1 Å². The predicted molar refractivity (Wildman–Crippen MR) is 85.0 cm³/mol. The molecular weight excluding hydrogens is 252 g/mol. The number of anilines is 1. The van der Waals surface area contributed by atoms with E-state index in [4.69, 9.17) is 0 Å². The summed E-state index contributed by atoms with van der Waals surface area (Å²) in [4.78, 5) is 1.39. The summed E-state index contributed by atoms with van der Waals surface area (Å²) in [6.07, 6.45) is 0. The average Bonchev–Trinajstić information content (AvgIpc) is 2.92. The van der Waals surface area contributed by atoms with E-state index in [9.17, 15) is 0 Å². The second-order valence-electron chi connectivity index (χ2n) is 4.92. The summed E-state index contributed by atoms with van der Waals surface area (Å²) in [6, 6.07) is 12.8. The lowest BCUT2D eigenvalue weighted by Gasteiger charge is -2.14. The third kappa shape index (κ3) is 4.37. The molecule has 0 aliphatic carbocycles. The summed E-state index contributed by atoms with van der Waals surface area (Å²) in [5, 5.41) is 9.09. The summed E-state index contributed by atoms with van der Waals surface area (Å²) < 4.78 is 0. The van der Waals surface area contributed by atoms with Gasteiger partial charge in [0.05, 0.1) is 0 Å². The molecule has 1 heterocycles. The van der Waals surface area contributed by atoms with Crippen LogP contribution in [0, 0.1) is 0 Å². The number of hydrogen-bond donors (Lipinski definition) is 2. The Balaban J connectivity index is 1.73. The first-order chi connectivity index (χ1) is 9.27. The van der Waals surface area contributed by atoms with Gasteiger partial charge in [0.15, 0.2) is 0 Å². The van der Waals surface area contributed by atoms with E-state index in [1.54, 1.807) is 11.3 Å². The van der Waals surface area contributed by atoms with Gasteiger partial charge in [-0.05, 0) is 29.0 Å². The molecule has 3 heteroatoms. The molecule has 19 heavy (non-hydrogen) atoms. The number of nitrogens with one attached hydrogen (secondary N) is 2. The molecule has 2 rings (SSSR count). The Hall–Kier alpha value is -1.32. The van der Waals surface area contributed by atoms with Crippen molar-refractivity contribution in [3.63, 3.8) is 0 Å². The van der Waals surface area contributed by atoms with Crippen LogP contribution in [0.15, 0.2) is 41.8 Å². The van der Waals surface area contributed by atoms with Gasteiger partial charge in [-0.1, -0.05) is 38.1 Å². The number of benzene rings is 1. The summed E-state index contributed by atoms with van der Waals surface area (Å²) in [5.74, 6) is 0.558. The maximum absolute atomic E-state index is 3.52. The molecule has 0 unspecified atom stereocenters. The molecule has 0 spiro atoms.